The van der Waals surface area contributed by atoms with E-state index in [1.54, 1.807) is 0 Å². The van der Waals surface area contributed by atoms with E-state index in [0.717, 1.165) is 38.9 Å². The highest BCUT2D eigenvalue weighted by molar-refractivity contribution is 5.78. The Balaban J connectivity index is 1.59. The second-order valence-electron chi connectivity index (χ2n) is 5.17. The van der Waals surface area contributed by atoms with Gasteiger partial charge >= 0.3 is 0 Å². The maximum absolute atomic E-state index is 11.7. The van der Waals surface area contributed by atoms with Crippen LogP contribution >= 0.6 is 0 Å². The van der Waals surface area contributed by atoms with E-state index in [2.05, 4.69) is 10.6 Å². The molecule has 0 aromatic rings. The lowest BCUT2D eigenvalue weighted by Crippen LogP contribution is -2.45. The van der Waals surface area contributed by atoms with E-state index < -0.39 is 0 Å². The highest BCUT2D eigenvalue weighted by atomic mass is 16.5. The lowest BCUT2D eigenvalue weighted by atomic mass is 9.95. The molecule has 2 fully saturated rings. The Labute approximate surface area is 103 Å². The molecule has 4 nitrogen and oxygen atoms in total. The quantitative estimate of drug-likeness (QED) is 0.776. The monoisotopic (exact) mass is 240 g/mol. The molecule has 1 saturated heterocycles. The Hall–Kier alpha value is -0.610. The lowest BCUT2D eigenvalue weighted by molar-refractivity contribution is -0.121. The van der Waals surface area contributed by atoms with Gasteiger partial charge in [0.25, 0.3) is 0 Å². The predicted molar refractivity (Wildman–Crippen MR) is 66.9 cm³/mol. The van der Waals surface area contributed by atoms with Gasteiger partial charge in [0.15, 0.2) is 0 Å². The first-order chi connectivity index (χ1) is 8.34. The van der Waals surface area contributed by atoms with Gasteiger partial charge in [0.2, 0.25) is 5.91 Å². The summed E-state index contributed by atoms with van der Waals surface area (Å²) in [5.41, 5.74) is 0. The van der Waals surface area contributed by atoms with Crippen molar-refractivity contribution in [3.8, 4) is 0 Å². The van der Waals surface area contributed by atoms with Gasteiger partial charge in [-0.3, -0.25) is 4.79 Å². The third kappa shape index (κ3) is 4.64. The minimum atomic E-state index is 0.156. The molecule has 2 aliphatic rings. The summed E-state index contributed by atoms with van der Waals surface area (Å²) in [7, 11) is 0. The number of ether oxygens (including phenoxy) is 1. The summed E-state index contributed by atoms with van der Waals surface area (Å²) in [4.78, 5) is 11.7. The molecule has 0 unspecified atom stereocenters. The molecule has 0 aromatic carbocycles. The SMILES string of the molecule is O=C(CNC1CCOCC1)NC1CCCCC1. The summed E-state index contributed by atoms with van der Waals surface area (Å²) in [6.45, 7) is 2.10. The van der Waals surface area contributed by atoms with E-state index in [0.29, 0.717) is 18.6 Å². The Kier molecular flexibility index (Phi) is 5.26. The van der Waals surface area contributed by atoms with Crippen molar-refractivity contribution >= 4 is 5.91 Å². The smallest absolute Gasteiger partial charge is 0.234 e. The Bertz CT molecular complexity index is 234. The maximum Gasteiger partial charge on any atom is 0.234 e. The van der Waals surface area contributed by atoms with Crippen LogP contribution in [0, 0.1) is 0 Å². The largest absolute Gasteiger partial charge is 0.381 e. The Morgan fingerprint density at radius 1 is 1.00 bits per heavy atom. The molecule has 98 valence electrons. The first kappa shape index (κ1) is 12.8. The van der Waals surface area contributed by atoms with Gasteiger partial charge in [-0.15, -0.1) is 0 Å². The molecule has 2 N–H and O–H groups in total. The van der Waals surface area contributed by atoms with Crippen molar-refractivity contribution in [3.63, 3.8) is 0 Å². The average Bonchev–Trinajstić information content (AvgIpc) is 2.39. The molecule has 1 amide bonds. The number of amides is 1. The molecule has 4 heteroatoms. The first-order valence-electron chi connectivity index (χ1n) is 6.95. The molecule has 0 spiro atoms. The zero-order valence-electron chi connectivity index (χ0n) is 10.5. The van der Waals surface area contributed by atoms with E-state index in [9.17, 15) is 4.79 Å². The van der Waals surface area contributed by atoms with Crippen molar-refractivity contribution in [1.82, 2.24) is 10.6 Å². The van der Waals surface area contributed by atoms with Gasteiger partial charge < -0.3 is 15.4 Å². The molecule has 2 rings (SSSR count). The van der Waals surface area contributed by atoms with E-state index in [1.807, 2.05) is 0 Å². The van der Waals surface area contributed by atoms with Gasteiger partial charge in [-0.25, -0.2) is 0 Å². The molecule has 0 atom stereocenters. The van der Waals surface area contributed by atoms with Gasteiger partial charge in [0.1, 0.15) is 0 Å². The highest BCUT2D eigenvalue weighted by Crippen LogP contribution is 2.17. The van der Waals surface area contributed by atoms with Crippen LogP contribution in [-0.2, 0) is 9.53 Å². The fourth-order valence-corrected chi connectivity index (χ4v) is 2.66. The normalized spacial score (nSPS) is 23.5. The van der Waals surface area contributed by atoms with Gasteiger partial charge in [-0.2, -0.15) is 0 Å². The van der Waals surface area contributed by atoms with Crippen LogP contribution in [0.2, 0.25) is 0 Å². The number of carbonyl (C=O) groups is 1. The number of rotatable bonds is 4. The second kappa shape index (κ2) is 6.97. The molecule has 1 aliphatic heterocycles. The van der Waals surface area contributed by atoms with E-state index in [-0.39, 0.29) is 5.91 Å². The van der Waals surface area contributed by atoms with Crippen LogP contribution in [0.4, 0.5) is 0 Å². The molecule has 1 saturated carbocycles. The van der Waals surface area contributed by atoms with Crippen LogP contribution in [0.25, 0.3) is 0 Å². The summed E-state index contributed by atoms with van der Waals surface area (Å²) < 4.78 is 5.29. The average molecular weight is 240 g/mol. The van der Waals surface area contributed by atoms with Crippen LogP contribution < -0.4 is 10.6 Å². The van der Waals surface area contributed by atoms with Crippen LogP contribution in [-0.4, -0.2) is 37.7 Å². The van der Waals surface area contributed by atoms with Crippen molar-refractivity contribution in [2.75, 3.05) is 19.8 Å². The predicted octanol–water partition coefficient (Wildman–Crippen LogP) is 1.20. The van der Waals surface area contributed by atoms with Crippen molar-refractivity contribution in [2.45, 2.75) is 57.0 Å². The van der Waals surface area contributed by atoms with Gasteiger partial charge in [0.05, 0.1) is 6.54 Å². The number of carbonyl (C=O) groups excluding carboxylic acids is 1. The van der Waals surface area contributed by atoms with Crippen molar-refractivity contribution in [2.24, 2.45) is 0 Å². The summed E-state index contributed by atoms with van der Waals surface area (Å²) in [6.07, 6.45) is 8.21. The number of hydrogen-bond acceptors (Lipinski definition) is 3. The van der Waals surface area contributed by atoms with Gasteiger partial charge in [-0.1, -0.05) is 19.3 Å². The van der Waals surface area contributed by atoms with Crippen LogP contribution in [0.1, 0.15) is 44.9 Å². The third-order valence-electron chi connectivity index (χ3n) is 3.74. The Morgan fingerprint density at radius 3 is 2.41 bits per heavy atom. The second-order valence-corrected chi connectivity index (χ2v) is 5.17. The zero-order chi connectivity index (χ0) is 11.9. The fraction of sp³-hybridized carbons (Fsp3) is 0.923. The minimum Gasteiger partial charge on any atom is -0.381 e. The maximum atomic E-state index is 11.7. The van der Waals surface area contributed by atoms with Crippen molar-refractivity contribution < 1.29 is 9.53 Å². The van der Waals surface area contributed by atoms with Crippen molar-refractivity contribution in [1.29, 1.82) is 0 Å². The molecule has 17 heavy (non-hydrogen) atoms. The molecule has 0 radical (unpaired) electrons. The topological polar surface area (TPSA) is 50.4 Å². The number of hydrogen-bond donors (Lipinski definition) is 2. The number of nitrogens with one attached hydrogen (secondary N) is 2. The van der Waals surface area contributed by atoms with E-state index >= 15 is 0 Å². The third-order valence-corrected chi connectivity index (χ3v) is 3.74. The van der Waals surface area contributed by atoms with Gasteiger partial charge in [0, 0.05) is 25.3 Å². The summed E-state index contributed by atoms with van der Waals surface area (Å²) in [5, 5.41) is 6.44. The molecular weight excluding hydrogens is 216 g/mol. The van der Waals surface area contributed by atoms with E-state index in [1.165, 1.54) is 19.3 Å². The standard InChI is InChI=1S/C13H24N2O2/c16-13(15-12-4-2-1-3-5-12)10-14-11-6-8-17-9-7-11/h11-12,14H,1-10H2,(H,15,16). The lowest BCUT2D eigenvalue weighted by Gasteiger charge is -2.25. The summed E-state index contributed by atoms with van der Waals surface area (Å²) in [5.74, 6) is 0.156. The fourth-order valence-electron chi connectivity index (χ4n) is 2.66. The molecule has 0 bridgehead atoms. The minimum absolute atomic E-state index is 0.156. The molecule has 1 heterocycles. The zero-order valence-corrected chi connectivity index (χ0v) is 10.5. The highest BCUT2D eigenvalue weighted by Gasteiger charge is 2.17. The molecular formula is C13H24N2O2. The molecule has 1 aliphatic carbocycles. The Morgan fingerprint density at radius 2 is 1.71 bits per heavy atom. The summed E-state index contributed by atoms with van der Waals surface area (Å²) >= 11 is 0. The van der Waals surface area contributed by atoms with Crippen molar-refractivity contribution in [3.05, 3.63) is 0 Å². The van der Waals surface area contributed by atoms with E-state index in [4.69, 9.17) is 4.74 Å². The summed E-state index contributed by atoms with van der Waals surface area (Å²) in [6, 6.07) is 0.883. The molecule has 0 aromatic heterocycles. The van der Waals surface area contributed by atoms with Gasteiger partial charge in [-0.05, 0) is 25.7 Å². The van der Waals surface area contributed by atoms with Crippen LogP contribution in [0.5, 0.6) is 0 Å². The first-order valence-corrected chi connectivity index (χ1v) is 6.95. The van der Waals surface area contributed by atoms with Crippen LogP contribution in [0.3, 0.4) is 0 Å². The van der Waals surface area contributed by atoms with Crippen LogP contribution in [0.15, 0.2) is 0 Å².